The van der Waals surface area contributed by atoms with Gasteiger partial charge in [0.05, 0.1) is 27.8 Å². The van der Waals surface area contributed by atoms with E-state index in [9.17, 15) is 0 Å². The maximum Gasteiger partial charge on any atom is 0.0541 e. The number of benzene rings is 8. The van der Waals surface area contributed by atoms with E-state index >= 15 is 0 Å². The van der Waals surface area contributed by atoms with Gasteiger partial charge < -0.3 is 9.13 Å². The van der Waals surface area contributed by atoms with Gasteiger partial charge in [-0.3, -0.25) is 0 Å². The van der Waals surface area contributed by atoms with Crippen LogP contribution in [-0.4, -0.2) is 9.13 Å². The fourth-order valence-electron chi connectivity index (χ4n) is 8.68. The number of nitrogens with zero attached hydrogens (tertiary/aromatic N) is 2. The standard InChI is InChI=1S/C51H38N2/c1-33-26-34(2)51(35(3)27-33)53-48-21-13-11-19-44(48)46-32-39(23-25-50(46)53)38-22-24-49-45(31-38)43-18-10-12-20-47(43)52(49)42-29-40(36-14-6-4-7-15-36)28-41(30-42)37-16-8-5-9-17-37/h4-32H,1-3H3. The summed E-state index contributed by atoms with van der Waals surface area (Å²) in [5.41, 5.74) is 18.4. The molecule has 2 aromatic heterocycles. The minimum atomic E-state index is 1.15. The van der Waals surface area contributed by atoms with Crippen LogP contribution in [0.15, 0.2) is 176 Å². The molecule has 252 valence electrons. The van der Waals surface area contributed by atoms with Crippen LogP contribution < -0.4 is 0 Å². The third-order valence-electron chi connectivity index (χ3n) is 10.9. The topological polar surface area (TPSA) is 9.86 Å². The highest BCUT2D eigenvalue weighted by atomic mass is 15.0. The van der Waals surface area contributed by atoms with E-state index in [0.29, 0.717) is 0 Å². The number of hydrogen-bond donors (Lipinski definition) is 0. The number of fused-ring (bicyclic) bond motifs is 6. The van der Waals surface area contributed by atoms with Gasteiger partial charge in [0.15, 0.2) is 0 Å². The van der Waals surface area contributed by atoms with Gasteiger partial charge in [-0.25, -0.2) is 0 Å². The average molecular weight is 679 g/mol. The molecule has 0 spiro atoms. The van der Waals surface area contributed by atoms with Gasteiger partial charge in [0, 0.05) is 27.2 Å². The van der Waals surface area contributed by atoms with Crippen molar-refractivity contribution in [3.8, 4) is 44.8 Å². The molecular weight excluding hydrogens is 641 g/mol. The van der Waals surface area contributed by atoms with E-state index in [-0.39, 0.29) is 0 Å². The molecule has 0 aliphatic rings. The van der Waals surface area contributed by atoms with Crippen molar-refractivity contribution in [2.24, 2.45) is 0 Å². The van der Waals surface area contributed by atoms with Crippen LogP contribution in [0.2, 0.25) is 0 Å². The molecule has 0 amide bonds. The highest BCUT2D eigenvalue weighted by Crippen LogP contribution is 2.40. The third kappa shape index (κ3) is 5.10. The molecule has 2 nitrogen and oxygen atoms in total. The Morgan fingerprint density at radius 1 is 0.302 bits per heavy atom. The quantitative estimate of drug-likeness (QED) is 0.171. The lowest BCUT2D eigenvalue weighted by Crippen LogP contribution is -2.00. The highest BCUT2D eigenvalue weighted by Gasteiger charge is 2.18. The number of aromatic nitrogens is 2. The van der Waals surface area contributed by atoms with E-state index in [1.165, 1.54) is 99.4 Å². The number of aryl methyl sites for hydroxylation is 3. The van der Waals surface area contributed by atoms with Crippen LogP contribution in [0.4, 0.5) is 0 Å². The lowest BCUT2D eigenvalue weighted by atomic mass is 9.98. The van der Waals surface area contributed by atoms with Crippen LogP contribution >= 0.6 is 0 Å². The first-order valence-corrected chi connectivity index (χ1v) is 18.4. The number of rotatable bonds is 5. The first-order chi connectivity index (χ1) is 26.0. The molecule has 0 bridgehead atoms. The zero-order valence-corrected chi connectivity index (χ0v) is 30.1. The van der Waals surface area contributed by atoms with Crippen molar-refractivity contribution in [1.29, 1.82) is 0 Å². The summed E-state index contributed by atoms with van der Waals surface area (Å²) in [6.45, 7) is 6.65. The van der Waals surface area contributed by atoms with Gasteiger partial charge in [-0.05, 0) is 120 Å². The van der Waals surface area contributed by atoms with E-state index in [1.807, 2.05) is 0 Å². The molecule has 0 fully saturated rings. The Hall–Kier alpha value is -6.64. The largest absolute Gasteiger partial charge is 0.309 e. The maximum atomic E-state index is 2.46. The Bertz CT molecular complexity index is 2930. The summed E-state index contributed by atoms with van der Waals surface area (Å²) in [4.78, 5) is 0. The smallest absolute Gasteiger partial charge is 0.0541 e. The van der Waals surface area contributed by atoms with Crippen LogP contribution in [0, 0.1) is 20.8 Å². The predicted molar refractivity (Wildman–Crippen MR) is 226 cm³/mol. The zero-order chi connectivity index (χ0) is 35.6. The van der Waals surface area contributed by atoms with Gasteiger partial charge in [-0.15, -0.1) is 0 Å². The Kier molecular flexibility index (Phi) is 7.19. The van der Waals surface area contributed by atoms with Gasteiger partial charge in [0.25, 0.3) is 0 Å². The normalized spacial score (nSPS) is 11.7. The molecular formula is C51H38N2. The summed E-state index contributed by atoms with van der Waals surface area (Å²) in [6.07, 6.45) is 0. The lowest BCUT2D eigenvalue weighted by molar-refractivity contribution is 1.11. The predicted octanol–water partition coefficient (Wildman–Crippen LogP) is 13.8. The van der Waals surface area contributed by atoms with Crippen molar-refractivity contribution in [1.82, 2.24) is 9.13 Å². The summed E-state index contributed by atoms with van der Waals surface area (Å²) in [6, 6.07) is 64.7. The summed E-state index contributed by atoms with van der Waals surface area (Å²) >= 11 is 0. The molecule has 0 radical (unpaired) electrons. The Morgan fingerprint density at radius 3 is 1.26 bits per heavy atom. The van der Waals surface area contributed by atoms with E-state index in [0.717, 1.165) is 5.69 Å². The van der Waals surface area contributed by atoms with Gasteiger partial charge in [0.1, 0.15) is 0 Å². The molecule has 0 aliphatic carbocycles. The molecule has 0 saturated carbocycles. The summed E-state index contributed by atoms with van der Waals surface area (Å²) in [7, 11) is 0. The van der Waals surface area contributed by atoms with E-state index in [2.05, 4.69) is 206 Å². The molecule has 2 heteroatoms. The Labute approximate surface area is 309 Å². The molecule has 10 rings (SSSR count). The van der Waals surface area contributed by atoms with Crippen LogP contribution in [0.5, 0.6) is 0 Å². The monoisotopic (exact) mass is 678 g/mol. The minimum Gasteiger partial charge on any atom is -0.309 e. The fraction of sp³-hybridized carbons (Fsp3) is 0.0588. The maximum absolute atomic E-state index is 2.46. The Morgan fingerprint density at radius 2 is 0.736 bits per heavy atom. The zero-order valence-electron chi connectivity index (χ0n) is 30.1. The van der Waals surface area contributed by atoms with Gasteiger partial charge >= 0.3 is 0 Å². The molecule has 0 saturated heterocycles. The van der Waals surface area contributed by atoms with Crippen molar-refractivity contribution in [3.05, 3.63) is 193 Å². The second-order valence-electron chi connectivity index (χ2n) is 14.4. The first-order valence-electron chi connectivity index (χ1n) is 18.4. The average Bonchev–Trinajstić information content (AvgIpc) is 3.70. The summed E-state index contributed by atoms with van der Waals surface area (Å²) in [5, 5.41) is 5.04. The molecule has 2 heterocycles. The molecule has 0 atom stereocenters. The molecule has 53 heavy (non-hydrogen) atoms. The van der Waals surface area contributed by atoms with E-state index in [1.54, 1.807) is 0 Å². The molecule has 10 aromatic rings. The van der Waals surface area contributed by atoms with E-state index < -0.39 is 0 Å². The van der Waals surface area contributed by atoms with Crippen molar-refractivity contribution in [2.45, 2.75) is 20.8 Å². The minimum absolute atomic E-state index is 1.15. The SMILES string of the molecule is Cc1cc(C)c(-n2c3ccccc3c3cc(-c4ccc5c(c4)c4ccccc4n5-c4cc(-c5ccccc5)cc(-c5ccccc5)c4)ccc32)c(C)c1. The van der Waals surface area contributed by atoms with Gasteiger partial charge in [-0.1, -0.05) is 127 Å². The van der Waals surface area contributed by atoms with Crippen molar-refractivity contribution < 1.29 is 0 Å². The Balaban J connectivity index is 1.17. The molecule has 0 unspecified atom stereocenters. The molecule has 0 N–H and O–H groups in total. The summed E-state index contributed by atoms with van der Waals surface area (Å²) in [5.74, 6) is 0. The lowest BCUT2D eigenvalue weighted by Gasteiger charge is -2.15. The number of hydrogen-bond acceptors (Lipinski definition) is 0. The van der Waals surface area contributed by atoms with Gasteiger partial charge in [-0.2, -0.15) is 0 Å². The van der Waals surface area contributed by atoms with Gasteiger partial charge in [0.2, 0.25) is 0 Å². The highest BCUT2D eigenvalue weighted by molar-refractivity contribution is 6.13. The summed E-state index contributed by atoms with van der Waals surface area (Å²) < 4.78 is 4.90. The van der Waals surface area contributed by atoms with Crippen molar-refractivity contribution in [2.75, 3.05) is 0 Å². The van der Waals surface area contributed by atoms with Crippen molar-refractivity contribution in [3.63, 3.8) is 0 Å². The second kappa shape index (κ2) is 12.3. The van der Waals surface area contributed by atoms with Crippen LogP contribution in [0.25, 0.3) is 88.4 Å². The first kappa shape index (κ1) is 31.1. The van der Waals surface area contributed by atoms with E-state index in [4.69, 9.17) is 0 Å². The fourth-order valence-corrected chi connectivity index (χ4v) is 8.68. The van der Waals surface area contributed by atoms with Crippen LogP contribution in [0.3, 0.4) is 0 Å². The number of para-hydroxylation sites is 2. The molecule has 8 aromatic carbocycles. The third-order valence-corrected chi connectivity index (χ3v) is 10.9. The molecule has 0 aliphatic heterocycles. The second-order valence-corrected chi connectivity index (χ2v) is 14.4. The van der Waals surface area contributed by atoms with Crippen LogP contribution in [-0.2, 0) is 0 Å². The van der Waals surface area contributed by atoms with Crippen molar-refractivity contribution >= 4 is 43.6 Å². The van der Waals surface area contributed by atoms with Crippen LogP contribution in [0.1, 0.15) is 16.7 Å².